The molecule has 208 valence electrons. The van der Waals surface area contributed by atoms with Gasteiger partial charge in [-0.25, -0.2) is 4.79 Å². The van der Waals surface area contributed by atoms with Gasteiger partial charge in [-0.3, -0.25) is 0 Å². The summed E-state index contributed by atoms with van der Waals surface area (Å²) in [6, 6.07) is 29.7. The zero-order valence-electron chi connectivity index (χ0n) is 21.4. The van der Waals surface area contributed by atoms with E-state index < -0.39 is 26.3 Å². The first-order chi connectivity index (χ1) is 19.2. The molecule has 40 heavy (non-hydrogen) atoms. The molecule has 0 unspecified atom stereocenters. The highest BCUT2D eigenvalue weighted by Gasteiger charge is 2.15. The first-order valence-corrected chi connectivity index (χ1v) is 15.5. The molecule has 0 aromatic heterocycles. The number of rotatable bonds is 12. The molecular weight excluding hydrogens is 552 g/mol. The van der Waals surface area contributed by atoms with E-state index >= 15 is 0 Å². The highest BCUT2D eigenvalue weighted by atomic mass is 32.2. The maximum absolute atomic E-state index is 12.6. The average molecular weight is 581 g/mol. The molecule has 0 fully saturated rings. The zero-order chi connectivity index (χ0) is 28.4. The second-order valence-electron chi connectivity index (χ2n) is 8.80. The number of hydrogen-bond donors (Lipinski definition) is 2. The van der Waals surface area contributed by atoms with Crippen LogP contribution in [0.1, 0.15) is 11.1 Å². The fourth-order valence-electron chi connectivity index (χ4n) is 3.70. The van der Waals surface area contributed by atoms with Gasteiger partial charge in [0.15, 0.2) is 0 Å². The second kappa shape index (κ2) is 13.1. The molecule has 0 atom stereocenters. The monoisotopic (exact) mass is 580 g/mol. The van der Waals surface area contributed by atoms with Crippen molar-refractivity contribution in [3.63, 3.8) is 0 Å². The van der Waals surface area contributed by atoms with Crippen molar-refractivity contribution in [2.45, 2.75) is 12.8 Å². The van der Waals surface area contributed by atoms with Crippen molar-refractivity contribution >= 4 is 37.6 Å². The molecule has 4 rings (SSSR count). The Balaban J connectivity index is 1.31. The van der Waals surface area contributed by atoms with Crippen LogP contribution in [0.25, 0.3) is 0 Å². The quantitative estimate of drug-likeness (QED) is 0.220. The second-order valence-corrected chi connectivity index (χ2v) is 12.2. The molecule has 2 N–H and O–H groups in total. The van der Waals surface area contributed by atoms with Gasteiger partial charge in [-0.05, 0) is 48.2 Å². The van der Waals surface area contributed by atoms with Gasteiger partial charge in [0.05, 0.1) is 11.5 Å². The van der Waals surface area contributed by atoms with Crippen LogP contribution >= 0.6 is 0 Å². The number of hydrogen-bond acceptors (Lipinski definition) is 7. The van der Waals surface area contributed by atoms with Gasteiger partial charge in [-0.2, -0.15) is 16.8 Å². The van der Waals surface area contributed by atoms with Crippen LogP contribution in [-0.2, 0) is 33.1 Å². The van der Waals surface area contributed by atoms with E-state index in [1.165, 1.54) is 24.3 Å². The predicted molar refractivity (Wildman–Crippen MR) is 155 cm³/mol. The number of anilines is 2. The molecule has 0 bridgehead atoms. The first-order valence-electron chi connectivity index (χ1n) is 12.4. The van der Waals surface area contributed by atoms with E-state index in [1.54, 1.807) is 24.3 Å². The van der Waals surface area contributed by atoms with Crippen molar-refractivity contribution in [3.05, 3.63) is 120 Å². The number of amides is 2. The number of urea groups is 1. The van der Waals surface area contributed by atoms with Crippen LogP contribution in [0.5, 0.6) is 11.5 Å². The Hall–Kier alpha value is -4.35. The maximum atomic E-state index is 12.6. The topological polar surface area (TPSA) is 128 Å². The minimum atomic E-state index is -3.86. The van der Waals surface area contributed by atoms with E-state index in [0.29, 0.717) is 24.2 Å². The van der Waals surface area contributed by atoms with E-state index in [-0.39, 0.29) is 23.0 Å². The molecule has 4 aromatic rings. The van der Waals surface area contributed by atoms with E-state index in [0.717, 1.165) is 11.1 Å². The van der Waals surface area contributed by atoms with Gasteiger partial charge >= 0.3 is 26.3 Å². The van der Waals surface area contributed by atoms with Gasteiger partial charge in [-0.15, -0.1) is 0 Å². The molecule has 0 spiro atoms. The van der Waals surface area contributed by atoms with Crippen molar-refractivity contribution in [1.82, 2.24) is 0 Å². The van der Waals surface area contributed by atoms with Gasteiger partial charge in [0.1, 0.15) is 11.5 Å². The standard InChI is InChI=1S/C29H28N2O7S2/c32-29(30-25-13-7-15-27(21-25)37-39(33,34)19-17-23-9-3-1-4-10-23)31-26-14-8-16-28(22-26)38-40(35,36)20-18-24-11-5-2-6-12-24/h1-16,21-22H,17-20H2,(H2,30,31,32). The summed E-state index contributed by atoms with van der Waals surface area (Å²) < 4.78 is 60.1. The van der Waals surface area contributed by atoms with Gasteiger partial charge in [0.25, 0.3) is 0 Å². The molecule has 2 amide bonds. The smallest absolute Gasteiger partial charge is 0.323 e. The van der Waals surface area contributed by atoms with Crippen LogP contribution in [0.3, 0.4) is 0 Å². The van der Waals surface area contributed by atoms with Gasteiger partial charge in [-0.1, -0.05) is 72.8 Å². The third-order valence-corrected chi connectivity index (χ3v) is 7.90. The summed E-state index contributed by atoms with van der Waals surface area (Å²) >= 11 is 0. The molecule has 4 aromatic carbocycles. The summed E-state index contributed by atoms with van der Waals surface area (Å²) in [5.74, 6) is -0.283. The zero-order valence-corrected chi connectivity index (χ0v) is 23.0. The average Bonchev–Trinajstić information content (AvgIpc) is 2.92. The third-order valence-electron chi connectivity index (χ3n) is 5.60. The Morgan fingerprint density at radius 2 is 0.950 bits per heavy atom. The van der Waals surface area contributed by atoms with E-state index in [4.69, 9.17) is 8.37 Å². The highest BCUT2D eigenvalue weighted by molar-refractivity contribution is 7.87. The summed E-state index contributed by atoms with van der Waals surface area (Å²) in [4.78, 5) is 12.6. The Labute approximate surface area is 234 Å². The van der Waals surface area contributed by atoms with E-state index in [9.17, 15) is 21.6 Å². The summed E-state index contributed by atoms with van der Waals surface area (Å²) in [5.41, 5.74) is 2.34. The van der Waals surface area contributed by atoms with Gasteiger partial charge < -0.3 is 19.0 Å². The Morgan fingerprint density at radius 1 is 0.550 bits per heavy atom. The Bertz CT molecular complexity index is 1520. The van der Waals surface area contributed by atoms with Crippen LogP contribution in [0.15, 0.2) is 109 Å². The Kier molecular flexibility index (Phi) is 9.41. The maximum Gasteiger partial charge on any atom is 0.323 e. The van der Waals surface area contributed by atoms with Crippen LogP contribution < -0.4 is 19.0 Å². The van der Waals surface area contributed by atoms with Crippen LogP contribution in [0.4, 0.5) is 16.2 Å². The predicted octanol–water partition coefficient (Wildman–Crippen LogP) is 5.23. The molecule has 0 saturated heterocycles. The normalized spacial score (nSPS) is 11.4. The number of aryl methyl sites for hydroxylation is 2. The van der Waals surface area contributed by atoms with Crippen molar-refractivity contribution in [3.8, 4) is 11.5 Å². The number of carbonyl (C=O) groups excluding carboxylic acids is 1. The number of benzene rings is 4. The molecule has 0 aliphatic carbocycles. The number of carbonyl (C=O) groups is 1. The molecule has 9 nitrogen and oxygen atoms in total. The minimum Gasteiger partial charge on any atom is -0.382 e. The van der Waals surface area contributed by atoms with Gasteiger partial charge in [0, 0.05) is 23.5 Å². The lowest BCUT2D eigenvalue weighted by Crippen LogP contribution is -2.20. The highest BCUT2D eigenvalue weighted by Crippen LogP contribution is 2.22. The lowest BCUT2D eigenvalue weighted by Gasteiger charge is -2.11. The molecule has 0 radical (unpaired) electrons. The first kappa shape index (κ1) is 28.7. The van der Waals surface area contributed by atoms with Crippen molar-refractivity contribution in [2.24, 2.45) is 0 Å². The van der Waals surface area contributed by atoms with Crippen molar-refractivity contribution in [2.75, 3.05) is 22.1 Å². The fourth-order valence-corrected chi connectivity index (χ4v) is 5.63. The van der Waals surface area contributed by atoms with E-state index in [1.807, 2.05) is 60.7 Å². The minimum absolute atomic E-state index is 0.0574. The molecule has 11 heteroatoms. The number of nitrogens with one attached hydrogen (secondary N) is 2. The summed E-state index contributed by atoms with van der Waals surface area (Å²) in [5, 5.41) is 5.19. The molecule has 0 saturated carbocycles. The SMILES string of the molecule is O=C(Nc1cccc(OS(=O)(=O)CCc2ccccc2)c1)Nc1cccc(OS(=O)(=O)CCc2ccccc2)c1. The lowest BCUT2D eigenvalue weighted by molar-refractivity contribution is 0.262. The fraction of sp³-hybridized carbons (Fsp3) is 0.138. The summed E-state index contributed by atoms with van der Waals surface area (Å²) in [7, 11) is -7.72. The Morgan fingerprint density at radius 3 is 1.35 bits per heavy atom. The largest absolute Gasteiger partial charge is 0.382 e. The van der Waals surface area contributed by atoms with E-state index in [2.05, 4.69) is 10.6 Å². The summed E-state index contributed by atoms with van der Waals surface area (Å²) in [6.07, 6.45) is 0.612. The molecule has 0 heterocycles. The summed E-state index contributed by atoms with van der Waals surface area (Å²) in [6.45, 7) is 0. The van der Waals surface area contributed by atoms with Crippen molar-refractivity contribution < 1.29 is 30.0 Å². The van der Waals surface area contributed by atoms with Crippen LogP contribution in [0, 0.1) is 0 Å². The van der Waals surface area contributed by atoms with Crippen molar-refractivity contribution in [1.29, 1.82) is 0 Å². The third kappa shape index (κ3) is 9.44. The van der Waals surface area contributed by atoms with Crippen LogP contribution in [0.2, 0.25) is 0 Å². The van der Waals surface area contributed by atoms with Crippen LogP contribution in [-0.4, -0.2) is 34.4 Å². The molecular formula is C29H28N2O7S2. The lowest BCUT2D eigenvalue weighted by atomic mass is 10.2. The molecule has 0 aliphatic heterocycles. The van der Waals surface area contributed by atoms with Gasteiger partial charge in [0.2, 0.25) is 0 Å². The molecule has 0 aliphatic rings.